The van der Waals surface area contributed by atoms with Crippen molar-refractivity contribution in [1.29, 1.82) is 0 Å². The number of amides is 1. The van der Waals surface area contributed by atoms with Gasteiger partial charge >= 0.3 is 5.97 Å². The van der Waals surface area contributed by atoms with Gasteiger partial charge in [0.2, 0.25) is 5.91 Å². The minimum Gasteiger partial charge on any atom is -0.481 e. The SMILES string of the molecule is CN(Cc1ccccc1Br)C(=O)CC1(C(=O)O)CCCC1. The van der Waals surface area contributed by atoms with Crippen LogP contribution in [0.25, 0.3) is 0 Å². The molecular weight excluding hydrogens is 334 g/mol. The molecule has 1 N–H and O–H groups in total. The maximum Gasteiger partial charge on any atom is 0.310 e. The molecule has 2 rings (SSSR count). The second kappa shape index (κ2) is 6.60. The summed E-state index contributed by atoms with van der Waals surface area (Å²) in [4.78, 5) is 25.5. The lowest BCUT2D eigenvalue weighted by Gasteiger charge is -2.26. The number of carboxylic acids is 1. The molecule has 1 amide bonds. The van der Waals surface area contributed by atoms with Gasteiger partial charge in [0.15, 0.2) is 0 Å². The molecule has 1 aliphatic rings. The Morgan fingerprint density at radius 3 is 2.48 bits per heavy atom. The summed E-state index contributed by atoms with van der Waals surface area (Å²) in [5.41, 5.74) is 0.170. The smallest absolute Gasteiger partial charge is 0.310 e. The summed E-state index contributed by atoms with van der Waals surface area (Å²) in [5, 5.41) is 9.45. The van der Waals surface area contributed by atoms with Gasteiger partial charge in [-0.05, 0) is 24.5 Å². The number of halogens is 1. The van der Waals surface area contributed by atoms with Gasteiger partial charge in [0.1, 0.15) is 0 Å². The number of carbonyl (C=O) groups is 2. The van der Waals surface area contributed by atoms with Crippen LogP contribution in [-0.2, 0) is 16.1 Å². The van der Waals surface area contributed by atoms with E-state index in [-0.39, 0.29) is 12.3 Å². The number of nitrogens with zero attached hydrogens (tertiary/aromatic N) is 1. The highest BCUT2D eigenvalue weighted by molar-refractivity contribution is 9.10. The van der Waals surface area contributed by atoms with Crippen molar-refractivity contribution in [3.05, 3.63) is 34.3 Å². The second-order valence-corrected chi connectivity index (χ2v) is 6.66. The van der Waals surface area contributed by atoms with Crippen LogP contribution in [0, 0.1) is 5.41 Å². The van der Waals surface area contributed by atoms with Crippen LogP contribution in [0.2, 0.25) is 0 Å². The highest BCUT2D eigenvalue weighted by atomic mass is 79.9. The average Bonchev–Trinajstić information content (AvgIpc) is 2.91. The van der Waals surface area contributed by atoms with Crippen molar-refractivity contribution in [3.63, 3.8) is 0 Å². The van der Waals surface area contributed by atoms with Crippen molar-refractivity contribution >= 4 is 27.8 Å². The van der Waals surface area contributed by atoms with E-state index in [0.717, 1.165) is 22.9 Å². The molecule has 0 aliphatic heterocycles. The first kappa shape index (κ1) is 16.0. The van der Waals surface area contributed by atoms with Crippen LogP contribution < -0.4 is 0 Å². The first-order valence-electron chi connectivity index (χ1n) is 7.15. The number of benzene rings is 1. The van der Waals surface area contributed by atoms with Gasteiger partial charge in [-0.15, -0.1) is 0 Å². The maximum absolute atomic E-state index is 12.4. The molecule has 0 radical (unpaired) electrons. The van der Waals surface area contributed by atoms with Crippen LogP contribution in [0.1, 0.15) is 37.7 Å². The molecule has 1 aromatic carbocycles. The molecule has 0 unspecified atom stereocenters. The predicted molar refractivity (Wildman–Crippen MR) is 83.8 cm³/mol. The molecule has 1 aromatic rings. The minimum absolute atomic E-state index is 0.100. The van der Waals surface area contributed by atoms with Gasteiger partial charge < -0.3 is 10.0 Å². The maximum atomic E-state index is 12.4. The van der Waals surface area contributed by atoms with Crippen molar-refractivity contribution in [1.82, 2.24) is 4.90 Å². The van der Waals surface area contributed by atoms with Crippen LogP contribution in [0.3, 0.4) is 0 Å². The molecule has 0 aromatic heterocycles. The van der Waals surface area contributed by atoms with E-state index in [9.17, 15) is 14.7 Å². The van der Waals surface area contributed by atoms with E-state index in [4.69, 9.17) is 0 Å². The van der Waals surface area contributed by atoms with Crippen LogP contribution in [0.15, 0.2) is 28.7 Å². The van der Waals surface area contributed by atoms with Crippen molar-refractivity contribution < 1.29 is 14.7 Å². The number of carbonyl (C=O) groups excluding carboxylic acids is 1. The zero-order chi connectivity index (χ0) is 15.5. The quantitative estimate of drug-likeness (QED) is 0.881. The summed E-state index contributed by atoms with van der Waals surface area (Å²) in [5.74, 6) is -0.933. The van der Waals surface area contributed by atoms with Gasteiger partial charge in [-0.1, -0.05) is 47.0 Å². The topological polar surface area (TPSA) is 57.6 Å². The van der Waals surface area contributed by atoms with Crippen molar-refractivity contribution in [2.75, 3.05) is 7.05 Å². The predicted octanol–water partition coefficient (Wildman–Crippen LogP) is 3.44. The Labute approximate surface area is 133 Å². The lowest BCUT2D eigenvalue weighted by Crippen LogP contribution is -2.36. The molecule has 1 saturated carbocycles. The van der Waals surface area contributed by atoms with E-state index in [2.05, 4.69) is 15.9 Å². The summed E-state index contributed by atoms with van der Waals surface area (Å²) in [6, 6.07) is 7.74. The fraction of sp³-hybridized carbons (Fsp3) is 0.500. The molecule has 114 valence electrons. The molecule has 0 spiro atoms. The third-order valence-electron chi connectivity index (χ3n) is 4.30. The minimum atomic E-state index is -0.848. The summed E-state index contributed by atoms with van der Waals surface area (Å²) >= 11 is 3.46. The number of carboxylic acid groups (broad SMARTS) is 1. The molecule has 5 heteroatoms. The Morgan fingerprint density at radius 1 is 1.29 bits per heavy atom. The summed E-state index contributed by atoms with van der Waals surface area (Å²) in [6.45, 7) is 0.482. The Hall–Kier alpha value is -1.36. The van der Waals surface area contributed by atoms with Crippen LogP contribution in [0.5, 0.6) is 0 Å². The molecule has 21 heavy (non-hydrogen) atoms. The third-order valence-corrected chi connectivity index (χ3v) is 5.07. The van der Waals surface area contributed by atoms with Gasteiger partial charge in [-0.3, -0.25) is 9.59 Å². The molecule has 1 fully saturated rings. The van der Waals surface area contributed by atoms with Crippen molar-refractivity contribution in [3.8, 4) is 0 Å². The fourth-order valence-corrected chi connectivity index (χ4v) is 3.32. The Morgan fingerprint density at radius 2 is 1.90 bits per heavy atom. The highest BCUT2D eigenvalue weighted by Crippen LogP contribution is 2.41. The van der Waals surface area contributed by atoms with Crippen molar-refractivity contribution in [2.45, 2.75) is 38.6 Å². The zero-order valence-electron chi connectivity index (χ0n) is 12.1. The normalized spacial score (nSPS) is 16.7. The standard InChI is InChI=1S/C16H20BrNO3/c1-18(11-12-6-2-3-7-13(12)17)14(19)10-16(15(20)21)8-4-5-9-16/h2-3,6-7H,4-5,8-11H2,1H3,(H,20,21). The van der Waals surface area contributed by atoms with E-state index >= 15 is 0 Å². The summed E-state index contributed by atoms with van der Waals surface area (Å²) in [6.07, 6.45) is 3.11. The van der Waals surface area contributed by atoms with E-state index in [0.29, 0.717) is 19.4 Å². The highest BCUT2D eigenvalue weighted by Gasteiger charge is 2.43. The lowest BCUT2D eigenvalue weighted by molar-refractivity contribution is -0.153. The van der Waals surface area contributed by atoms with E-state index in [1.807, 2.05) is 24.3 Å². The summed E-state index contributed by atoms with van der Waals surface area (Å²) < 4.78 is 0.957. The molecular formula is C16H20BrNO3. The number of rotatable bonds is 5. The molecule has 0 heterocycles. The van der Waals surface area contributed by atoms with Crippen LogP contribution >= 0.6 is 15.9 Å². The van der Waals surface area contributed by atoms with Crippen molar-refractivity contribution in [2.24, 2.45) is 5.41 Å². The van der Waals surface area contributed by atoms with Gasteiger partial charge in [-0.2, -0.15) is 0 Å². The lowest BCUT2D eigenvalue weighted by atomic mass is 9.82. The second-order valence-electron chi connectivity index (χ2n) is 5.81. The number of aliphatic carboxylic acids is 1. The molecule has 0 saturated heterocycles. The first-order valence-corrected chi connectivity index (χ1v) is 7.95. The van der Waals surface area contributed by atoms with Gasteiger partial charge in [0.05, 0.1) is 5.41 Å². The average molecular weight is 354 g/mol. The monoisotopic (exact) mass is 353 g/mol. The molecule has 0 bridgehead atoms. The number of hydrogen-bond acceptors (Lipinski definition) is 2. The van der Waals surface area contributed by atoms with Gasteiger partial charge in [-0.25, -0.2) is 0 Å². The van der Waals surface area contributed by atoms with Gasteiger partial charge in [0, 0.05) is 24.5 Å². The van der Waals surface area contributed by atoms with Crippen LogP contribution in [-0.4, -0.2) is 28.9 Å². The number of hydrogen-bond donors (Lipinski definition) is 1. The molecule has 0 atom stereocenters. The fourth-order valence-electron chi connectivity index (χ4n) is 2.91. The Balaban J connectivity index is 2.03. The first-order chi connectivity index (χ1) is 9.94. The van der Waals surface area contributed by atoms with E-state index in [1.54, 1.807) is 11.9 Å². The summed E-state index contributed by atoms with van der Waals surface area (Å²) in [7, 11) is 1.73. The Kier molecular flexibility index (Phi) is 5.04. The Bertz CT molecular complexity index is 538. The largest absolute Gasteiger partial charge is 0.481 e. The third kappa shape index (κ3) is 3.64. The molecule has 4 nitrogen and oxygen atoms in total. The zero-order valence-corrected chi connectivity index (χ0v) is 13.7. The molecule has 1 aliphatic carbocycles. The van der Waals surface area contributed by atoms with E-state index in [1.165, 1.54) is 0 Å². The van der Waals surface area contributed by atoms with Gasteiger partial charge in [0.25, 0.3) is 0 Å². The van der Waals surface area contributed by atoms with E-state index < -0.39 is 11.4 Å². The van der Waals surface area contributed by atoms with Crippen LogP contribution in [0.4, 0.5) is 0 Å².